The highest BCUT2D eigenvalue weighted by molar-refractivity contribution is 5.79. The van der Waals surface area contributed by atoms with E-state index in [0.29, 0.717) is 0 Å². The predicted molar refractivity (Wildman–Crippen MR) is 147 cm³/mol. The summed E-state index contributed by atoms with van der Waals surface area (Å²) in [6.45, 7) is 3.69. The summed E-state index contributed by atoms with van der Waals surface area (Å²) in [5.41, 5.74) is -0.441. The molecule has 1 saturated carbocycles. The minimum absolute atomic E-state index is 0.0241. The number of amides is 2. The largest absolute Gasteiger partial charge is 0.481 e. The zero-order valence-corrected chi connectivity index (χ0v) is 23.9. The van der Waals surface area contributed by atoms with Gasteiger partial charge in [0.25, 0.3) is 0 Å². The topological polar surface area (TPSA) is 96.4 Å². The fourth-order valence-corrected chi connectivity index (χ4v) is 6.62. The number of hydrogen-bond acceptors (Lipinski definition) is 5. The van der Waals surface area contributed by atoms with Gasteiger partial charge in [0.05, 0.1) is 5.41 Å². The number of carboxylic acids is 1. The number of carbonyl (C=O) groups excluding carboxylic acids is 2. The summed E-state index contributed by atoms with van der Waals surface area (Å²) in [5, 5.41) is 9.14. The number of nitrogens with zero attached hydrogens (tertiary/aromatic N) is 2. The zero-order valence-electron chi connectivity index (χ0n) is 23.9. The first-order valence-electron chi connectivity index (χ1n) is 14.0. The molecule has 2 aromatic carbocycles. The Morgan fingerprint density at radius 1 is 1.00 bits per heavy atom. The van der Waals surface area contributed by atoms with E-state index >= 15 is 0 Å². The lowest BCUT2D eigenvalue weighted by Crippen LogP contribution is -2.42. The quantitative estimate of drug-likeness (QED) is 0.389. The average molecular weight is 589 g/mol. The van der Waals surface area contributed by atoms with Gasteiger partial charge in [-0.15, -0.1) is 0 Å². The molecule has 0 aromatic heterocycles. The molecule has 0 unspecified atom stereocenters. The summed E-state index contributed by atoms with van der Waals surface area (Å²) < 4.78 is 54.5. The highest BCUT2D eigenvalue weighted by Gasteiger charge is 2.84. The van der Waals surface area contributed by atoms with Crippen LogP contribution in [0.3, 0.4) is 0 Å². The fourth-order valence-electron chi connectivity index (χ4n) is 6.62. The van der Waals surface area contributed by atoms with Gasteiger partial charge in [-0.05, 0) is 55.9 Å². The summed E-state index contributed by atoms with van der Waals surface area (Å²) in [4.78, 5) is 39.6. The molecule has 226 valence electrons. The summed E-state index contributed by atoms with van der Waals surface area (Å²) in [7, 11) is 0. The molecule has 2 aliphatic carbocycles. The number of carboxylic acid groups (broad SMARTS) is 1. The number of fused-ring (bicyclic) bond motifs is 4. The Morgan fingerprint density at radius 3 is 2.14 bits per heavy atom. The Morgan fingerprint density at radius 2 is 1.60 bits per heavy atom. The second kappa shape index (κ2) is 10.5. The first-order valence-corrected chi connectivity index (χ1v) is 14.0. The van der Waals surface area contributed by atoms with Crippen molar-refractivity contribution in [1.82, 2.24) is 9.80 Å². The van der Waals surface area contributed by atoms with Crippen LogP contribution in [0.4, 0.5) is 22.8 Å². The van der Waals surface area contributed by atoms with Crippen LogP contribution in [0, 0.1) is 10.8 Å². The van der Waals surface area contributed by atoms with E-state index in [-0.39, 0.29) is 51.4 Å². The van der Waals surface area contributed by atoms with Crippen LogP contribution < -0.4 is 0 Å². The maximum atomic E-state index is 14.5. The zero-order chi connectivity index (χ0) is 30.5. The van der Waals surface area contributed by atoms with Crippen LogP contribution in [-0.2, 0) is 14.3 Å². The van der Waals surface area contributed by atoms with E-state index in [1.165, 1.54) is 4.90 Å². The standard InChI is InChI=1S/C31H35F3N2O6/c1-28(2,3)42-27(40)36-18-29(16-30(29,19-36)31(32,33)34)17-35(14-8-13-25(37)38)26(39)41-15-24-22-11-6-4-9-20(22)21-10-5-7-12-23(21)24/h4-7,9-12,24H,8,13-19H2,1-3H3,(H,37,38)/t29-,30+/m0/s1. The summed E-state index contributed by atoms with van der Waals surface area (Å²) in [5.74, 6) is -1.32. The molecule has 1 N–H and O–H groups in total. The molecule has 2 fully saturated rings. The number of ether oxygens (including phenoxy) is 2. The maximum absolute atomic E-state index is 14.5. The molecule has 42 heavy (non-hydrogen) atoms. The van der Waals surface area contributed by atoms with Crippen LogP contribution in [0.5, 0.6) is 0 Å². The number of aliphatic carboxylic acids is 1. The van der Waals surface area contributed by atoms with E-state index in [9.17, 15) is 27.6 Å². The molecule has 0 radical (unpaired) electrons. The summed E-state index contributed by atoms with van der Waals surface area (Å²) in [6.07, 6.45) is -6.71. The fraction of sp³-hybridized carbons (Fsp3) is 0.516. The Balaban J connectivity index is 1.35. The van der Waals surface area contributed by atoms with Crippen LogP contribution in [0.15, 0.2) is 48.5 Å². The average Bonchev–Trinajstić information content (AvgIpc) is 3.25. The molecule has 2 atom stereocenters. The Labute approximate surface area is 242 Å². The van der Waals surface area contributed by atoms with Crippen molar-refractivity contribution in [2.24, 2.45) is 10.8 Å². The Kier molecular flexibility index (Phi) is 7.43. The van der Waals surface area contributed by atoms with E-state index in [4.69, 9.17) is 14.6 Å². The van der Waals surface area contributed by atoms with Gasteiger partial charge in [0.15, 0.2) is 0 Å². The third-order valence-corrected chi connectivity index (χ3v) is 8.59. The van der Waals surface area contributed by atoms with E-state index in [1.54, 1.807) is 20.8 Å². The van der Waals surface area contributed by atoms with Crippen molar-refractivity contribution in [2.45, 2.75) is 57.7 Å². The highest BCUT2D eigenvalue weighted by atomic mass is 19.4. The van der Waals surface area contributed by atoms with Crippen molar-refractivity contribution in [3.8, 4) is 11.1 Å². The van der Waals surface area contributed by atoms with Gasteiger partial charge in [-0.2, -0.15) is 13.2 Å². The second-order valence-electron chi connectivity index (χ2n) is 12.6. The van der Waals surface area contributed by atoms with Crippen molar-refractivity contribution in [1.29, 1.82) is 0 Å². The molecule has 2 aromatic rings. The van der Waals surface area contributed by atoms with Crippen LogP contribution in [-0.4, -0.2) is 77.6 Å². The van der Waals surface area contributed by atoms with Crippen molar-refractivity contribution in [3.63, 3.8) is 0 Å². The summed E-state index contributed by atoms with van der Waals surface area (Å²) in [6, 6.07) is 15.6. The number of benzene rings is 2. The van der Waals surface area contributed by atoms with Gasteiger partial charge in [-0.25, -0.2) is 9.59 Å². The van der Waals surface area contributed by atoms with Crippen LogP contribution in [0.1, 0.15) is 57.1 Å². The van der Waals surface area contributed by atoms with E-state index in [2.05, 4.69) is 0 Å². The number of carbonyl (C=O) groups is 3. The van der Waals surface area contributed by atoms with Crippen LogP contribution >= 0.6 is 0 Å². The lowest BCUT2D eigenvalue weighted by Gasteiger charge is -2.29. The molecule has 3 aliphatic rings. The number of halogens is 3. The lowest BCUT2D eigenvalue weighted by molar-refractivity contribution is -0.193. The van der Waals surface area contributed by atoms with Gasteiger partial charge in [0, 0.05) is 43.9 Å². The van der Waals surface area contributed by atoms with Crippen molar-refractivity contribution >= 4 is 18.2 Å². The predicted octanol–water partition coefficient (Wildman–Crippen LogP) is 6.29. The first kappa shape index (κ1) is 29.7. The highest BCUT2D eigenvalue weighted by Crippen LogP contribution is 2.75. The van der Waals surface area contributed by atoms with Crippen LogP contribution in [0.2, 0.25) is 0 Å². The second-order valence-corrected chi connectivity index (χ2v) is 12.6. The number of piperidine rings is 1. The molecule has 1 aliphatic heterocycles. The van der Waals surface area contributed by atoms with Gasteiger partial charge in [-0.3, -0.25) is 4.79 Å². The third-order valence-electron chi connectivity index (χ3n) is 8.59. The van der Waals surface area contributed by atoms with Gasteiger partial charge in [0.2, 0.25) is 0 Å². The van der Waals surface area contributed by atoms with Crippen molar-refractivity contribution < 1.29 is 42.1 Å². The number of alkyl halides is 3. The molecule has 11 heteroatoms. The molecule has 8 nitrogen and oxygen atoms in total. The van der Waals surface area contributed by atoms with E-state index < -0.39 is 47.3 Å². The van der Waals surface area contributed by atoms with Gasteiger partial charge < -0.3 is 24.4 Å². The van der Waals surface area contributed by atoms with E-state index in [0.717, 1.165) is 27.2 Å². The third kappa shape index (κ3) is 5.41. The molecule has 5 rings (SSSR count). The Bertz CT molecular complexity index is 1340. The molecule has 0 spiro atoms. The van der Waals surface area contributed by atoms with Crippen molar-refractivity contribution in [3.05, 3.63) is 59.7 Å². The van der Waals surface area contributed by atoms with Crippen LogP contribution in [0.25, 0.3) is 11.1 Å². The molecule has 0 bridgehead atoms. The first-order chi connectivity index (χ1) is 19.7. The van der Waals surface area contributed by atoms with Gasteiger partial charge in [0.1, 0.15) is 12.2 Å². The molecular formula is C31H35F3N2O6. The smallest absolute Gasteiger partial charge is 0.410 e. The molecule has 2 amide bonds. The number of rotatable bonds is 8. The van der Waals surface area contributed by atoms with E-state index in [1.807, 2.05) is 48.5 Å². The molecule has 1 saturated heterocycles. The monoisotopic (exact) mass is 588 g/mol. The maximum Gasteiger partial charge on any atom is 0.410 e. The Hall–Kier alpha value is -3.76. The SMILES string of the molecule is CC(C)(C)OC(=O)N1C[C@@]2(CN(CCCC(=O)O)C(=O)OCC3c4ccccc4-c4ccccc43)C[C@@]2(C(F)(F)F)C1. The van der Waals surface area contributed by atoms with Gasteiger partial charge >= 0.3 is 24.3 Å². The lowest BCUT2D eigenvalue weighted by atomic mass is 9.95. The number of hydrogen-bond donors (Lipinski definition) is 1. The van der Waals surface area contributed by atoms with Crippen molar-refractivity contribution in [2.75, 3.05) is 32.8 Å². The molecule has 1 heterocycles. The number of likely N-dealkylation sites (tertiary alicyclic amines) is 1. The minimum atomic E-state index is -4.61. The van der Waals surface area contributed by atoms with Gasteiger partial charge in [-0.1, -0.05) is 48.5 Å². The minimum Gasteiger partial charge on any atom is -0.481 e. The summed E-state index contributed by atoms with van der Waals surface area (Å²) >= 11 is 0. The molecular weight excluding hydrogens is 553 g/mol. The normalized spacial score (nSPS) is 22.7.